The zero-order chi connectivity index (χ0) is 13.0. The molecule has 1 aliphatic carbocycles. The number of carbonyl (C=O) groups excluding carboxylic acids is 1. The van der Waals surface area contributed by atoms with E-state index in [-0.39, 0.29) is 12.5 Å². The van der Waals surface area contributed by atoms with E-state index in [0.29, 0.717) is 5.41 Å². The van der Waals surface area contributed by atoms with Gasteiger partial charge in [0.25, 0.3) is 5.91 Å². The summed E-state index contributed by atoms with van der Waals surface area (Å²) in [5.41, 5.74) is 6.10. The minimum Gasteiger partial charge on any atom is -0.370 e. The third-order valence-corrected chi connectivity index (χ3v) is 4.82. The lowest BCUT2D eigenvalue weighted by molar-refractivity contribution is -0.144. The molecule has 2 fully saturated rings. The maximum atomic E-state index is 12.2. The second kappa shape index (κ2) is 6.02. The molecule has 0 aromatic heterocycles. The number of amides is 1. The number of nitrogens with two attached hydrogens (primary N) is 1. The van der Waals surface area contributed by atoms with Crippen LogP contribution in [0.4, 0.5) is 0 Å². The summed E-state index contributed by atoms with van der Waals surface area (Å²) in [6.07, 6.45) is 8.74. The van der Waals surface area contributed by atoms with Crippen LogP contribution in [0.25, 0.3) is 0 Å². The van der Waals surface area contributed by atoms with E-state index in [9.17, 15) is 4.79 Å². The Bertz CT molecular complexity index is 274. The molecule has 0 aromatic carbocycles. The van der Waals surface area contributed by atoms with E-state index in [1.54, 1.807) is 7.11 Å². The Morgan fingerprint density at radius 2 is 1.83 bits per heavy atom. The molecule has 1 unspecified atom stereocenters. The van der Waals surface area contributed by atoms with Crippen LogP contribution in [0.3, 0.4) is 0 Å². The molecule has 1 aliphatic heterocycles. The van der Waals surface area contributed by atoms with Crippen molar-refractivity contribution in [3.8, 4) is 0 Å². The molecule has 2 N–H and O–H groups in total. The quantitative estimate of drug-likeness (QED) is 0.831. The van der Waals surface area contributed by atoms with Gasteiger partial charge in [-0.15, -0.1) is 0 Å². The first-order valence-electron chi connectivity index (χ1n) is 7.22. The first-order valence-corrected chi connectivity index (χ1v) is 7.22. The summed E-state index contributed by atoms with van der Waals surface area (Å²) >= 11 is 0. The lowest BCUT2D eigenvalue weighted by atomic mass is 9.68. The number of rotatable bonds is 3. The first kappa shape index (κ1) is 13.8. The largest absolute Gasteiger partial charge is 0.370 e. The highest BCUT2D eigenvalue weighted by Gasteiger charge is 2.37. The number of carbonyl (C=O) groups is 1. The molecule has 2 aliphatic rings. The molecule has 104 valence electrons. The molecule has 0 bridgehead atoms. The fraction of sp³-hybridized carbons (Fsp3) is 0.929. The van der Waals surface area contributed by atoms with Crippen molar-refractivity contribution >= 4 is 5.91 Å². The molecule has 0 radical (unpaired) electrons. The van der Waals surface area contributed by atoms with E-state index in [1.165, 1.54) is 44.9 Å². The molecule has 1 heterocycles. The molecule has 0 aromatic rings. The lowest BCUT2D eigenvalue weighted by Gasteiger charge is -2.44. The third-order valence-electron chi connectivity index (χ3n) is 4.82. The Balaban J connectivity index is 1.87. The molecule has 2 rings (SSSR count). The molecule has 1 saturated carbocycles. The average Bonchev–Trinajstić information content (AvgIpc) is 2.42. The van der Waals surface area contributed by atoms with Crippen LogP contribution in [0.2, 0.25) is 0 Å². The predicted octanol–water partition coefficient (Wildman–Crippen LogP) is 1.53. The zero-order valence-electron chi connectivity index (χ0n) is 11.5. The summed E-state index contributed by atoms with van der Waals surface area (Å²) in [6.45, 7) is 2.05. The summed E-state index contributed by atoms with van der Waals surface area (Å²) in [4.78, 5) is 14.1. The highest BCUT2D eigenvalue weighted by atomic mass is 16.5. The van der Waals surface area contributed by atoms with Crippen LogP contribution in [0, 0.1) is 5.41 Å². The molecule has 1 atom stereocenters. The van der Waals surface area contributed by atoms with Gasteiger partial charge < -0.3 is 15.4 Å². The minimum atomic E-state index is -0.453. The summed E-state index contributed by atoms with van der Waals surface area (Å²) in [7, 11) is 1.56. The monoisotopic (exact) mass is 254 g/mol. The fourth-order valence-electron chi connectivity index (χ4n) is 3.50. The first-order chi connectivity index (χ1) is 8.71. The van der Waals surface area contributed by atoms with Crippen LogP contribution >= 0.6 is 0 Å². The number of piperidine rings is 1. The van der Waals surface area contributed by atoms with Crippen LogP contribution in [0.5, 0.6) is 0 Å². The van der Waals surface area contributed by atoms with Gasteiger partial charge in [0.05, 0.1) is 0 Å². The Morgan fingerprint density at radius 1 is 1.22 bits per heavy atom. The highest BCUT2D eigenvalue weighted by Crippen LogP contribution is 2.44. The second-order valence-corrected chi connectivity index (χ2v) is 5.85. The van der Waals surface area contributed by atoms with E-state index in [0.717, 1.165) is 13.1 Å². The molecule has 1 saturated heterocycles. The standard InChI is InChI=1S/C14H26N2O2/c1-18-12(11-15)13(17)16-9-7-14(8-10-16)5-3-2-4-6-14/h12H,2-11,15H2,1H3. The Morgan fingerprint density at radius 3 is 2.33 bits per heavy atom. The van der Waals surface area contributed by atoms with Crippen molar-refractivity contribution in [3.63, 3.8) is 0 Å². The van der Waals surface area contributed by atoms with Gasteiger partial charge in [0, 0.05) is 26.7 Å². The molecule has 1 amide bonds. The van der Waals surface area contributed by atoms with Gasteiger partial charge in [-0.25, -0.2) is 0 Å². The van der Waals surface area contributed by atoms with Gasteiger partial charge in [0.2, 0.25) is 0 Å². The van der Waals surface area contributed by atoms with Crippen molar-refractivity contribution in [3.05, 3.63) is 0 Å². The minimum absolute atomic E-state index is 0.0747. The average molecular weight is 254 g/mol. The molecule has 18 heavy (non-hydrogen) atoms. The molecular formula is C14H26N2O2. The molecule has 4 heteroatoms. The lowest BCUT2D eigenvalue weighted by Crippen LogP contribution is -2.49. The van der Waals surface area contributed by atoms with E-state index in [1.807, 2.05) is 4.90 Å². The maximum absolute atomic E-state index is 12.2. The van der Waals surface area contributed by atoms with E-state index >= 15 is 0 Å². The summed E-state index contributed by atoms with van der Waals surface area (Å²) in [6, 6.07) is 0. The van der Waals surface area contributed by atoms with Crippen molar-refractivity contribution in [2.75, 3.05) is 26.7 Å². The number of methoxy groups -OCH3 is 1. The van der Waals surface area contributed by atoms with Crippen molar-refractivity contribution in [2.24, 2.45) is 11.1 Å². The van der Waals surface area contributed by atoms with E-state index in [2.05, 4.69) is 0 Å². The van der Waals surface area contributed by atoms with Crippen molar-refractivity contribution in [1.82, 2.24) is 4.90 Å². The van der Waals surface area contributed by atoms with Gasteiger partial charge in [-0.1, -0.05) is 19.3 Å². The van der Waals surface area contributed by atoms with Crippen molar-refractivity contribution in [1.29, 1.82) is 0 Å². The van der Waals surface area contributed by atoms with Gasteiger partial charge in [0.1, 0.15) is 6.10 Å². The SMILES string of the molecule is COC(CN)C(=O)N1CCC2(CCCCC2)CC1. The van der Waals surface area contributed by atoms with Gasteiger partial charge in [-0.3, -0.25) is 4.79 Å². The predicted molar refractivity (Wildman–Crippen MR) is 71.2 cm³/mol. The molecular weight excluding hydrogens is 228 g/mol. The van der Waals surface area contributed by atoms with Crippen molar-refractivity contribution < 1.29 is 9.53 Å². The second-order valence-electron chi connectivity index (χ2n) is 5.85. The van der Waals surface area contributed by atoms with Gasteiger partial charge >= 0.3 is 0 Å². The number of nitrogens with zero attached hydrogens (tertiary/aromatic N) is 1. The van der Waals surface area contributed by atoms with Crippen LogP contribution < -0.4 is 5.73 Å². The summed E-state index contributed by atoms with van der Waals surface area (Å²) in [5.74, 6) is 0.0747. The van der Waals surface area contributed by atoms with Crippen LogP contribution in [0.1, 0.15) is 44.9 Å². The Labute approximate surface area is 110 Å². The van der Waals surface area contributed by atoms with Gasteiger partial charge in [-0.05, 0) is 31.1 Å². The Hall–Kier alpha value is -0.610. The van der Waals surface area contributed by atoms with Crippen molar-refractivity contribution in [2.45, 2.75) is 51.0 Å². The van der Waals surface area contributed by atoms with Gasteiger partial charge in [0.15, 0.2) is 0 Å². The van der Waals surface area contributed by atoms with Crippen LogP contribution in [-0.2, 0) is 9.53 Å². The van der Waals surface area contributed by atoms with E-state index < -0.39 is 6.10 Å². The molecule has 4 nitrogen and oxygen atoms in total. The van der Waals surface area contributed by atoms with Gasteiger partial charge in [-0.2, -0.15) is 0 Å². The normalized spacial score (nSPS) is 25.1. The fourth-order valence-corrected chi connectivity index (χ4v) is 3.50. The number of likely N-dealkylation sites (tertiary alicyclic amines) is 1. The smallest absolute Gasteiger partial charge is 0.253 e. The topological polar surface area (TPSA) is 55.6 Å². The van der Waals surface area contributed by atoms with E-state index in [4.69, 9.17) is 10.5 Å². The Kier molecular flexibility index (Phi) is 4.62. The third kappa shape index (κ3) is 2.86. The highest BCUT2D eigenvalue weighted by molar-refractivity contribution is 5.81. The maximum Gasteiger partial charge on any atom is 0.253 e. The molecule has 1 spiro atoms. The number of hydrogen-bond donors (Lipinski definition) is 1. The van der Waals surface area contributed by atoms with Crippen LogP contribution in [-0.4, -0.2) is 43.7 Å². The number of hydrogen-bond acceptors (Lipinski definition) is 3. The zero-order valence-corrected chi connectivity index (χ0v) is 11.5. The number of ether oxygens (including phenoxy) is 1. The van der Waals surface area contributed by atoms with Crippen LogP contribution in [0.15, 0.2) is 0 Å². The summed E-state index contributed by atoms with van der Waals surface area (Å²) in [5, 5.41) is 0. The summed E-state index contributed by atoms with van der Waals surface area (Å²) < 4.78 is 5.14.